The normalized spacial score (nSPS) is 11.1. The number of imidazole rings is 2. The zero-order valence-electron chi connectivity index (χ0n) is 15.0. The number of nitrogens with zero attached hydrogens (tertiary/aromatic N) is 8. The van der Waals surface area contributed by atoms with E-state index in [2.05, 4.69) is 48.5 Å². The van der Waals surface area contributed by atoms with E-state index in [0.29, 0.717) is 54.7 Å². The molecule has 0 fully saturated rings. The Labute approximate surface area is 156 Å². The van der Waals surface area contributed by atoms with E-state index in [9.17, 15) is 0 Å². The number of hydrogen-bond acceptors (Lipinski definition) is 7. The highest BCUT2D eigenvalue weighted by atomic mass is 15.2. The molecule has 27 heavy (non-hydrogen) atoms. The minimum atomic E-state index is 0.426. The summed E-state index contributed by atoms with van der Waals surface area (Å²) >= 11 is 0. The van der Waals surface area contributed by atoms with Gasteiger partial charge in [0.05, 0.1) is 12.0 Å². The van der Waals surface area contributed by atoms with Gasteiger partial charge in [0.1, 0.15) is 23.9 Å². The van der Waals surface area contributed by atoms with E-state index in [4.69, 9.17) is 11.5 Å². The summed E-state index contributed by atoms with van der Waals surface area (Å²) in [5, 5.41) is 0. The van der Waals surface area contributed by atoms with Gasteiger partial charge in [-0.05, 0) is 25.5 Å². The smallest absolute Gasteiger partial charge is 0.187 e. The van der Waals surface area contributed by atoms with Crippen molar-refractivity contribution in [3.8, 4) is 11.8 Å². The van der Waals surface area contributed by atoms with Crippen LogP contribution in [0.1, 0.15) is 17.2 Å². The fourth-order valence-electron chi connectivity index (χ4n) is 2.65. The number of aryl methyl sites for hydroxylation is 1. The summed E-state index contributed by atoms with van der Waals surface area (Å²) in [6, 6.07) is 0. The van der Waals surface area contributed by atoms with Gasteiger partial charge in [-0.25, -0.2) is 24.9 Å². The molecule has 0 aliphatic carbocycles. The number of fused-ring (bicyclic) bond motifs is 1. The summed E-state index contributed by atoms with van der Waals surface area (Å²) in [7, 11) is 0. The van der Waals surface area contributed by atoms with E-state index in [1.54, 1.807) is 6.33 Å². The van der Waals surface area contributed by atoms with Crippen LogP contribution in [0.2, 0.25) is 0 Å². The lowest BCUT2D eigenvalue weighted by atomic mass is 10.3. The molecule has 3 rings (SSSR count). The molecule has 3 aromatic heterocycles. The zero-order chi connectivity index (χ0) is 19.2. The van der Waals surface area contributed by atoms with Crippen molar-refractivity contribution >= 4 is 30.0 Å². The van der Waals surface area contributed by atoms with Crippen molar-refractivity contribution in [2.24, 2.45) is 21.5 Å². The maximum absolute atomic E-state index is 5.72. The second-order valence-corrected chi connectivity index (χ2v) is 5.58. The van der Waals surface area contributed by atoms with E-state index in [-0.39, 0.29) is 0 Å². The quantitative estimate of drug-likeness (QED) is 0.359. The van der Waals surface area contributed by atoms with Crippen LogP contribution < -0.4 is 11.5 Å². The van der Waals surface area contributed by atoms with E-state index < -0.39 is 0 Å². The largest absolute Gasteiger partial charge is 0.329 e. The Hall–Kier alpha value is -3.42. The van der Waals surface area contributed by atoms with Crippen LogP contribution in [-0.2, 0) is 13.1 Å². The Balaban J connectivity index is 2.04. The molecule has 0 aromatic carbocycles. The maximum Gasteiger partial charge on any atom is 0.187 e. The highest BCUT2D eigenvalue weighted by molar-refractivity contribution is 5.76. The van der Waals surface area contributed by atoms with Crippen LogP contribution in [0, 0.1) is 18.8 Å². The lowest BCUT2D eigenvalue weighted by Gasteiger charge is -2.04. The Morgan fingerprint density at radius 1 is 1.19 bits per heavy atom. The third-order valence-electron chi connectivity index (χ3n) is 3.79. The molecule has 0 saturated carbocycles. The van der Waals surface area contributed by atoms with E-state index in [1.165, 1.54) is 12.7 Å². The summed E-state index contributed by atoms with van der Waals surface area (Å²) in [6.45, 7) is 7.32. The lowest BCUT2D eigenvalue weighted by molar-refractivity contribution is 0.702. The number of aromatic nitrogens is 6. The number of hydrogen-bond donors (Lipinski definition) is 2. The van der Waals surface area contributed by atoms with Crippen LogP contribution in [0.4, 0.5) is 5.82 Å². The van der Waals surface area contributed by atoms with Gasteiger partial charge in [-0.15, -0.1) is 0 Å². The highest BCUT2D eigenvalue weighted by Gasteiger charge is 2.12. The van der Waals surface area contributed by atoms with Crippen molar-refractivity contribution in [1.82, 2.24) is 29.1 Å². The summed E-state index contributed by atoms with van der Waals surface area (Å²) in [6.07, 6.45) is 4.52. The predicted octanol–water partition coefficient (Wildman–Crippen LogP) is 0.00882. The first kappa shape index (κ1) is 18.4. The van der Waals surface area contributed by atoms with Gasteiger partial charge in [0.2, 0.25) is 0 Å². The van der Waals surface area contributed by atoms with Gasteiger partial charge < -0.3 is 20.6 Å². The molecule has 4 N–H and O–H groups in total. The first-order valence-electron chi connectivity index (χ1n) is 8.33. The van der Waals surface area contributed by atoms with Crippen LogP contribution >= 0.6 is 0 Å². The van der Waals surface area contributed by atoms with Gasteiger partial charge in [-0.2, -0.15) is 0 Å². The molecular weight excluding hydrogens is 344 g/mol. The molecule has 0 atom stereocenters. The molecule has 3 heterocycles. The molecule has 0 radical (unpaired) electrons. The summed E-state index contributed by atoms with van der Waals surface area (Å²) in [4.78, 5) is 25.3. The molecule has 3 aromatic rings. The summed E-state index contributed by atoms with van der Waals surface area (Å²) in [5.74, 6) is 7.28. The second-order valence-electron chi connectivity index (χ2n) is 5.58. The van der Waals surface area contributed by atoms with Crippen molar-refractivity contribution < 1.29 is 0 Å². The van der Waals surface area contributed by atoms with Crippen LogP contribution in [0.15, 0.2) is 22.6 Å². The van der Waals surface area contributed by atoms with Gasteiger partial charge in [0.25, 0.3) is 0 Å². The fraction of sp³-hybridized carbons (Fsp3) is 0.294. The Morgan fingerprint density at radius 3 is 2.74 bits per heavy atom. The van der Waals surface area contributed by atoms with Crippen LogP contribution in [-0.4, -0.2) is 55.2 Å². The molecule has 0 saturated heterocycles. The standard InChI is InChI=1S/C17H20N10/c1-12-16(22-9-20-2)27(8-6-19)14(25-12)4-3-13-15-17(23-10-21-13)26(7-5-18)11-24-15/h9-11H,2,5-8,18-19H2,1H3. The van der Waals surface area contributed by atoms with Crippen molar-refractivity contribution in [3.05, 3.63) is 29.9 Å². The molecule has 0 aliphatic heterocycles. The molecule has 0 spiro atoms. The third kappa shape index (κ3) is 3.74. The minimum Gasteiger partial charge on any atom is -0.329 e. The van der Waals surface area contributed by atoms with Gasteiger partial charge >= 0.3 is 0 Å². The monoisotopic (exact) mass is 364 g/mol. The molecule has 10 nitrogen and oxygen atoms in total. The molecule has 10 heteroatoms. The topological polar surface area (TPSA) is 138 Å². The Kier molecular flexibility index (Phi) is 5.65. The van der Waals surface area contributed by atoms with E-state index in [1.807, 2.05) is 16.1 Å². The van der Waals surface area contributed by atoms with Crippen LogP contribution in [0.3, 0.4) is 0 Å². The van der Waals surface area contributed by atoms with E-state index >= 15 is 0 Å². The average molecular weight is 364 g/mol. The van der Waals surface area contributed by atoms with Crippen LogP contribution in [0.25, 0.3) is 11.2 Å². The van der Waals surface area contributed by atoms with Crippen molar-refractivity contribution in [2.45, 2.75) is 20.0 Å². The highest BCUT2D eigenvalue weighted by Crippen LogP contribution is 2.20. The molecule has 0 unspecified atom stereocenters. The SMILES string of the molecule is C=NC=Nc1c(C)nc(C#Cc2ncnc3c2ncn3CCN)n1CCN. The Morgan fingerprint density at radius 2 is 2.00 bits per heavy atom. The van der Waals surface area contributed by atoms with Gasteiger partial charge in [0.15, 0.2) is 17.3 Å². The Bertz CT molecular complexity index is 1050. The van der Waals surface area contributed by atoms with Crippen molar-refractivity contribution in [3.63, 3.8) is 0 Å². The number of rotatable bonds is 6. The summed E-state index contributed by atoms with van der Waals surface area (Å²) < 4.78 is 3.71. The third-order valence-corrected chi connectivity index (χ3v) is 3.79. The fourth-order valence-corrected chi connectivity index (χ4v) is 2.65. The van der Waals surface area contributed by atoms with Gasteiger partial charge in [-0.3, -0.25) is 4.99 Å². The first-order valence-corrected chi connectivity index (χ1v) is 8.33. The summed E-state index contributed by atoms with van der Waals surface area (Å²) in [5.41, 5.74) is 13.9. The van der Waals surface area contributed by atoms with E-state index in [0.717, 1.165) is 5.69 Å². The molecule has 0 aliphatic rings. The number of aliphatic imine (C=N–C) groups is 2. The number of nitrogens with two attached hydrogens (primary N) is 2. The first-order chi connectivity index (χ1) is 13.2. The molecule has 0 amide bonds. The zero-order valence-corrected chi connectivity index (χ0v) is 15.0. The molecule has 138 valence electrons. The van der Waals surface area contributed by atoms with Crippen molar-refractivity contribution in [1.29, 1.82) is 0 Å². The second kappa shape index (κ2) is 8.31. The van der Waals surface area contributed by atoms with Crippen LogP contribution in [0.5, 0.6) is 0 Å². The maximum atomic E-state index is 5.72. The van der Waals surface area contributed by atoms with Crippen molar-refractivity contribution in [2.75, 3.05) is 13.1 Å². The predicted molar refractivity (Wildman–Crippen MR) is 104 cm³/mol. The van der Waals surface area contributed by atoms with Gasteiger partial charge in [0, 0.05) is 26.2 Å². The minimum absolute atomic E-state index is 0.426. The molecule has 0 bridgehead atoms. The lowest BCUT2D eigenvalue weighted by Crippen LogP contribution is -2.11. The molecular formula is C17H20N10. The van der Waals surface area contributed by atoms with Gasteiger partial charge in [-0.1, -0.05) is 0 Å². The average Bonchev–Trinajstić information content (AvgIpc) is 3.21.